The predicted octanol–water partition coefficient (Wildman–Crippen LogP) is 13.8. The molecule has 1 unspecified atom stereocenters. The largest absolute Gasteiger partial charge is 0.462 e. The molecule has 0 aromatic heterocycles. The molecule has 1 amide bonds. The number of allylic oxidation sites excluding steroid dienone is 2. The molecule has 0 spiro atoms. The Kier molecular flexibility index (Phi) is 22.8. The highest BCUT2D eigenvalue weighted by molar-refractivity contribution is 8.13. The molecule has 4 aliphatic carbocycles. The average Bonchev–Trinajstić information content (AvgIpc) is 3.58. The van der Waals surface area contributed by atoms with Crippen molar-refractivity contribution >= 4 is 28.9 Å². The third-order valence-corrected chi connectivity index (χ3v) is 16.8. The van der Waals surface area contributed by atoms with E-state index in [0.29, 0.717) is 44.4 Å². The van der Waals surface area contributed by atoms with Crippen molar-refractivity contribution in [2.45, 2.75) is 202 Å². The Bertz CT molecular complexity index is 1380. The first-order valence-corrected chi connectivity index (χ1v) is 26.5. The van der Waals surface area contributed by atoms with Gasteiger partial charge in [0.05, 0.1) is 0 Å². The fraction of sp³-hybridized carbons (Fsp3) is 0.868. The number of fused-ring (bicyclic) bond motifs is 5. The molecule has 0 aromatic rings. The maximum atomic E-state index is 13.3. The number of nitrogens with zero attached hydrogens (tertiary/aromatic N) is 2. The number of unbranched alkanes of at least 4 members (excludes halogenated alkanes) is 8. The number of hydrogen-bond donors (Lipinski definition) is 0. The predicted molar refractivity (Wildman–Crippen MR) is 257 cm³/mol. The molecule has 0 aromatic carbocycles. The van der Waals surface area contributed by atoms with Crippen LogP contribution in [0.2, 0.25) is 0 Å². The molecule has 0 bridgehead atoms. The summed E-state index contributed by atoms with van der Waals surface area (Å²) in [7, 11) is 4.06. The number of carbonyl (C=O) groups excluding carboxylic acids is 3. The number of ether oxygens (including phenoxy) is 2. The van der Waals surface area contributed by atoms with E-state index in [-0.39, 0.29) is 28.7 Å². The van der Waals surface area contributed by atoms with Crippen molar-refractivity contribution in [2.24, 2.45) is 46.3 Å². The number of carbonyl (C=O) groups is 3. The van der Waals surface area contributed by atoms with Gasteiger partial charge in [0.15, 0.2) is 0 Å². The van der Waals surface area contributed by atoms with Crippen molar-refractivity contribution in [3.05, 3.63) is 23.8 Å². The lowest BCUT2D eigenvalue weighted by atomic mass is 9.47. The molecule has 0 radical (unpaired) electrons. The first-order valence-electron chi connectivity index (χ1n) is 25.5. The lowest BCUT2D eigenvalue weighted by Crippen LogP contribution is -2.51. The lowest BCUT2D eigenvalue weighted by Gasteiger charge is -2.58. The summed E-state index contributed by atoms with van der Waals surface area (Å²) in [5, 5.41) is 0.106. The molecule has 61 heavy (non-hydrogen) atoms. The second-order valence-electron chi connectivity index (χ2n) is 21.2. The molecule has 0 saturated heterocycles. The van der Waals surface area contributed by atoms with Crippen molar-refractivity contribution in [3.63, 3.8) is 0 Å². The van der Waals surface area contributed by atoms with Crippen LogP contribution in [0.25, 0.3) is 0 Å². The van der Waals surface area contributed by atoms with Crippen molar-refractivity contribution in [2.75, 3.05) is 46.1 Å². The zero-order valence-electron chi connectivity index (χ0n) is 40.6. The Morgan fingerprint density at radius 2 is 1.54 bits per heavy atom. The highest BCUT2D eigenvalue weighted by Gasteiger charge is 2.59. The van der Waals surface area contributed by atoms with Gasteiger partial charge in [-0.3, -0.25) is 14.4 Å². The van der Waals surface area contributed by atoms with E-state index in [2.05, 4.69) is 58.6 Å². The quantitative estimate of drug-likeness (QED) is 0.0440. The number of hydrogen-bond acceptors (Lipinski definition) is 7. The molecular weight excluding hydrogens is 777 g/mol. The number of rotatable bonds is 28. The topological polar surface area (TPSA) is 76.1 Å². The van der Waals surface area contributed by atoms with Crippen LogP contribution in [0, 0.1) is 46.3 Å². The molecule has 0 heterocycles. The zero-order chi connectivity index (χ0) is 44.3. The van der Waals surface area contributed by atoms with E-state index < -0.39 is 0 Å². The maximum absolute atomic E-state index is 13.3. The second-order valence-corrected chi connectivity index (χ2v) is 22.2. The highest BCUT2D eigenvalue weighted by Crippen LogP contribution is 2.67. The number of amides is 1. The molecule has 3 saturated carbocycles. The Morgan fingerprint density at radius 1 is 0.803 bits per heavy atom. The van der Waals surface area contributed by atoms with Crippen LogP contribution < -0.4 is 0 Å². The normalized spacial score (nSPS) is 27.7. The molecule has 0 aliphatic heterocycles. The van der Waals surface area contributed by atoms with Crippen LogP contribution in [-0.4, -0.2) is 79.2 Å². The molecule has 7 nitrogen and oxygen atoms in total. The molecule has 350 valence electrons. The van der Waals surface area contributed by atoms with Gasteiger partial charge in [-0.25, -0.2) is 0 Å². The van der Waals surface area contributed by atoms with Crippen LogP contribution in [0.4, 0.5) is 4.79 Å². The van der Waals surface area contributed by atoms with E-state index in [1.807, 2.05) is 25.1 Å². The third-order valence-electron chi connectivity index (χ3n) is 15.9. The van der Waals surface area contributed by atoms with E-state index >= 15 is 0 Å². The van der Waals surface area contributed by atoms with Crippen molar-refractivity contribution < 1.29 is 23.9 Å². The van der Waals surface area contributed by atoms with Gasteiger partial charge in [0, 0.05) is 44.6 Å². The van der Waals surface area contributed by atoms with Gasteiger partial charge >= 0.3 is 11.9 Å². The van der Waals surface area contributed by atoms with Crippen LogP contribution >= 0.6 is 11.8 Å². The molecule has 4 rings (SSSR count). The minimum Gasteiger partial charge on any atom is -0.462 e. The maximum Gasteiger partial charge on any atom is 0.306 e. The first-order chi connectivity index (χ1) is 29.3. The van der Waals surface area contributed by atoms with E-state index in [1.54, 1.807) is 5.57 Å². The first kappa shape index (κ1) is 51.8. The number of thioether (sulfide) groups is 1. The number of esters is 2. The fourth-order valence-corrected chi connectivity index (χ4v) is 13.3. The zero-order valence-corrected chi connectivity index (χ0v) is 41.4. The summed E-state index contributed by atoms with van der Waals surface area (Å²) in [5.74, 6) is 5.49. The fourth-order valence-electron chi connectivity index (χ4n) is 12.3. The molecular formula is C53H92N2O5S. The van der Waals surface area contributed by atoms with Crippen molar-refractivity contribution in [3.8, 4) is 0 Å². The Morgan fingerprint density at radius 3 is 2.31 bits per heavy atom. The minimum atomic E-state index is -0.117. The summed E-state index contributed by atoms with van der Waals surface area (Å²) in [5.41, 5.74) is 2.32. The molecule has 4 aliphatic rings. The van der Waals surface area contributed by atoms with Gasteiger partial charge in [0.1, 0.15) is 12.7 Å². The van der Waals surface area contributed by atoms with Crippen LogP contribution in [0.3, 0.4) is 0 Å². The summed E-state index contributed by atoms with van der Waals surface area (Å²) in [6.07, 6.45) is 32.9. The van der Waals surface area contributed by atoms with Crippen LogP contribution in [-0.2, 0) is 19.1 Å². The van der Waals surface area contributed by atoms with Crippen molar-refractivity contribution in [1.82, 2.24) is 9.80 Å². The lowest BCUT2D eigenvalue weighted by molar-refractivity contribution is -0.151. The summed E-state index contributed by atoms with van der Waals surface area (Å²) in [4.78, 5) is 42.7. The SMILES string of the molecule is CCCCCCC=CCOC(=O)CCCCCCCN(CCCC(=O)O[C@H]1CC[C@@]2(C)C(=CC[C@@H]3[C@@H]2CC[C@]2(C)C([C@H](C)CCCC(C)C)CC[C@@H]32)C1)C(=O)SCCN(C)C. The van der Waals surface area contributed by atoms with Gasteiger partial charge in [-0.2, -0.15) is 0 Å². The Balaban J connectivity index is 1.16. The second kappa shape index (κ2) is 26.9. The van der Waals surface area contributed by atoms with E-state index in [0.717, 1.165) is 106 Å². The van der Waals surface area contributed by atoms with Gasteiger partial charge in [-0.05, 0) is 137 Å². The van der Waals surface area contributed by atoms with Gasteiger partial charge in [-0.15, -0.1) is 0 Å². The van der Waals surface area contributed by atoms with Crippen LogP contribution in [0.1, 0.15) is 196 Å². The molecule has 3 fully saturated rings. The average molecular weight is 869 g/mol. The highest BCUT2D eigenvalue weighted by atomic mass is 32.2. The summed E-state index contributed by atoms with van der Waals surface area (Å²) in [6, 6.07) is 0. The van der Waals surface area contributed by atoms with E-state index in [1.165, 1.54) is 88.8 Å². The summed E-state index contributed by atoms with van der Waals surface area (Å²) >= 11 is 1.38. The standard InChI is InChI=1S/C53H92N2O5S/c1-9-10-11-12-13-17-20-38-59-49(56)25-18-15-14-16-19-35-55(51(58)61-39-37-54(7)8)36-22-26-50(57)60-44-31-33-52(5)43(40-44)27-28-45-47-30-29-46(42(4)24-21-23-41(2)3)53(47,6)34-32-48(45)52/h17,20,27,41-42,44-48H,9-16,18-19,21-26,28-40H2,1-8H3/t42-,44+,45+,46?,47+,48+,52+,53-/m1/s1. The van der Waals surface area contributed by atoms with Gasteiger partial charge in [0.25, 0.3) is 5.24 Å². The van der Waals surface area contributed by atoms with Crippen LogP contribution in [0.5, 0.6) is 0 Å². The third kappa shape index (κ3) is 16.3. The van der Waals surface area contributed by atoms with Gasteiger partial charge in [0.2, 0.25) is 0 Å². The van der Waals surface area contributed by atoms with Gasteiger partial charge in [-0.1, -0.05) is 135 Å². The minimum absolute atomic E-state index is 0.0251. The summed E-state index contributed by atoms with van der Waals surface area (Å²) in [6.45, 7) is 17.3. The van der Waals surface area contributed by atoms with E-state index in [4.69, 9.17) is 9.47 Å². The molecule has 8 atom stereocenters. The Hall–Kier alpha value is -1.80. The molecule has 0 N–H and O–H groups in total. The van der Waals surface area contributed by atoms with Crippen molar-refractivity contribution in [1.29, 1.82) is 0 Å². The Labute approximate surface area is 379 Å². The smallest absolute Gasteiger partial charge is 0.306 e. The molecule has 8 heteroatoms. The van der Waals surface area contributed by atoms with Crippen LogP contribution in [0.15, 0.2) is 23.8 Å². The van der Waals surface area contributed by atoms with E-state index in [9.17, 15) is 14.4 Å². The summed E-state index contributed by atoms with van der Waals surface area (Å²) < 4.78 is 11.6. The monoisotopic (exact) mass is 869 g/mol. The van der Waals surface area contributed by atoms with Gasteiger partial charge < -0.3 is 19.3 Å².